The van der Waals surface area contributed by atoms with Crippen LogP contribution >= 0.6 is 0 Å². The van der Waals surface area contributed by atoms with Crippen LogP contribution in [0.4, 0.5) is 5.69 Å². The van der Waals surface area contributed by atoms with Gasteiger partial charge in [-0.25, -0.2) is 0 Å². The van der Waals surface area contributed by atoms with Gasteiger partial charge in [-0.3, -0.25) is 10.1 Å². The Labute approximate surface area is 115 Å². The third-order valence-corrected chi connectivity index (χ3v) is 2.71. The molecule has 0 aliphatic carbocycles. The van der Waals surface area contributed by atoms with Gasteiger partial charge in [-0.05, 0) is 17.1 Å². The van der Waals surface area contributed by atoms with Crippen LogP contribution < -0.4 is 10.2 Å². The first-order valence-corrected chi connectivity index (χ1v) is 5.89. The van der Waals surface area contributed by atoms with Crippen molar-refractivity contribution in [1.82, 2.24) is 0 Å². The van der Waals surface area contributed by atoms with Crippen LogP contribution in [0.25, 0.3) is 0 Å². The maximum absolute atomic E-state index is 11.0. The van der Waals surface area contributed by atoms with E-state index >= 15 is 0 Å². The molecule has 0 amide bonds. The van der Waals surface area contributed by atoms with Gasteiger partial charge in [-0.1, -0.05) is 36.4 Å². The number of nitrogens with zero attached hydrogens (tertiary/aromatic N) is 1. The molecule has 0 saturated heterocycles. The van der Waals surface area contributed by atoms with Gasteiger partial charge in [0.05, 0.1) is 4.92 Å². The predicted molar refractivity (Wildman–Crippen MR) is 73.7 cm³/mol. The molecule has 0 aromatic heterocycles. The summed E-state index contributed by atoms with van der Waals surface area (Å²) in [6.07, 6.45) is 0. The molecule has 0 heterocycles. The van der Waals surface area contributed by atoms with E-state index in [4.69, 9.17) is 14.8 Å². The summed E-state index contributed by atoms with van der Waals surface area (Å²) in [6.45, 7) is 0.197. The second-order valence-corrected chi connectivity index (χ2v) is 4.13. The second kappa shape index (κ2) is 6.18. The van der Waals surface area contributed by atoms with Crippen molar-refractivity contribution in [3.05, 3.63) is 64.2 Å². The van der Waals surface area contributed by atoms with Crippen molar-refractivity contribution in [1.29, 1.82) is 0 Å². The molecule has 0 aliphatic heterocycles. The average Bonchev–Trinajstić information content (AvgIpc) is 2.45. The van der Waals surface area contributed by atoms with Crippen LogP contribution in [0.15, 0.2) is 48.5 Å². The molecule has 102 valence electrons. The highest BCUT2D eigenvalue weighted by Gasteiger charge is 2.20. The smallest absolute Gasteiger partial charge is 0.482 e. The van der Waals surface area contributed by atoms with E-state index in [0.29, 0.717) is 0 Å². The lowest BCUT2D eigenvalue weighted by Gasteiger charge is -2.08. The second-order valence-electron chi connectivity index (χ2n) is 4.13. The highest BCUT2D eigenvalue weighted by molar-refractivity contribution is 6.58. The molecule has 2 N–H and O–H groups in total. The third kappa shape index (κ3) is 3.34. The van der Waals surface area contributed by atoms with Gasteiger partial charge in [-0.15, -0.1) is 0 Å². The Bertz CT molecular complexity index is 603. The van der Waals surface area contributed by atoms with Crippen LogP contribution in [-0.4, -0.2) is 22.1 Å². The molecule has 0 saturated carbocycles. The molecular formula is C13H12BNO5. The Hall–Kier alpha value is -2.38. The van der Waals surface area contributed by atoms with Crippen molar-refractivity contribution in [3.8, 4) is 5.75 Å². The number of hydrogen-bond acceptors (Lipinski definition) is 5. The summed E-state index contributed by atoms with van der Waals surface area (Å²) in [7, 11) is -1.75. The van der Waals surface area contributed by atoms with Crippen LogP contribution in [0.1, 0.15) is 5.56 Å². The van der Waals surface area contributed by atoms with Gasteiger partial charge < -0.3 is 14.8 Å². The minimum atomic E-state index is -1.75. The van der Waals surface area contributed by atoms with E-state index in [1.807, 2.05) is 30.3 Å². The van der Waals surface area contributed by atoms with E-state index < -0.39 is 12.0 Å². The molecule has 2 rings (SSSR count). The zero-order valence-corrected chi connectivity index (χ0v) is 10.5. The summed E-state index contributed by atoms with van der Waals surface area (Å²) in [5, 5.41) is 29.0. The van der Waals surface area contributed by atoms with Crippen LogP contribution in [0.3, 0.4) is 0 Å². The quantitative estimate of drug-likeness (QED) is 0.478. The standard InChI is InChI=1S/C13H12BNO5/c16-14(17)11-6-7-13(12(8-11)15(18)19)20-9-10-4-2-1-3-5-10/h1-8,16-17H,9H2. The van der Waals surface area contributed by atoms with Crippen molar-refractivity contribution < 1.29 is 19.7 Å². The monoisotopic (exact) mass is 273 g/mol. The van der Waals surface area contributed by atoms with Crippen molar-refractivity contribution in [2.45, 2.75) is 6.61 Å². The molecule has 0 aliphatic rings. The molecule has 0 fully saturated rings. The summed E-state index contributed by atoms with van der Waals surface area (Å²) in [5.74, 6) is 0.0863. The minimum Gasteiger partial charge on any atom is -0.482 e. The largest absolute Gasteiger partial charge is 0.488 e. The fourth-order valence-corrected chi connectivity index (χ4v) is 1.70. The number of benzene rings is 2. The van der Waals surface area contributed by atoms with E-state index in [1.54, 1.807) is 0 Å². The van der Waals surface area contributed by atoms with Gasteiger partial charge in [0.2, 0.25) is 0 Å². The zero-order valence-electron chi connectivity index (χ0n) is 10.5. The van der Waals surface area contributed by atoms with Crippen molar-refractivity contribution in [2.24, 2.45) is 0 Å². The Morgan fingerprint density at radius 3 is 2.45 bits per heavy atom. The molecule has 0 spiro atoms. The average molecular weight is 273 g/mol. The lowest BCUT2D eigenvalue weighted by Crippen LogP contribution is -2.29. The minimum absolute atomic E-state index is 0.0451. The molecule has 7 heteroatoms. The lowest BCUT2D eigenvalue weighted by molar-refractivity contribution is -0.385. The van der Waals surface area contributed by atoms with Gasteiger partial charge in [0.25, 0.3) is 0 Å². The number of hydrogen-bond donors (Lipinski definition) is 2. The molecule has 0 radical (unpaired) electrons. The molecule has 0 atom stereocenters. The van der Waals surface area contributed by atoms with Crippen LogP contribution in [0, 0.1) is 10.1 Å². The highest BCUT2D eigenvalue weighted by Crippen LogP contribution is 2.26. The molecule has 2 aromatic carbocycles. The lowest BCUT2D eigenvalue weighted by atomic mass is 9.80. The number of rotatable bonds is 5. The molecule has 6 nitrogen and oxygen atoms in total. The fraction of sp³-hybridized carbons (Fsp3) is 0.0769. The maximum Gasteiger partial charge on any atom is 0.488 e. The first-order chi connectivity index (χ1) is 9.58. The summed E-state index contributed by atoms with van der Waals surface area (Å²) in [4.78, 5) is 10.4. The molecule has 2 aromatic rings. The molecule has 0 unspecified atom stereocenters. The summed E-state index contributed by atoms with van der Waals surface area (Å²) in [6, 6.07) is 13.1. The fourth-order valence-electron chi connectivity index (χ4n) is 1.70. The van der Waals surface area contributed by atoms with E-state index in [0.717, 1.165) is 11.6 Å². The number of nitro benzene ring substituents is 1. The summed E-state index contributed by atoms with van der Waals surface area (Å²) in [5.41, 5.74) is 0.628. The van der Waals surface area contributed by atoms with Crippen LogP contribution in [-0.2, 0) is 6.61 Å². The number of ether oxygens (including phenoxy) is 1. The molecule has 20 heavy (non-hydrogen) atoms. The van der Waals surface area contributed by atoms with Crippen LogP contribution in [0.5, 0.6) is 5.75 Å². The summed E-state index contributed by atoms with van der Waals surface area (Å²) < 4.78 is 5.41. The normalized spacial score (nSPS) is 10.1. The molecular weight excluding hydrogens is 261 g/mol. The number of nitro groups is 1. The zero-order chi connectivity index (χ0) is 14.5. The van der Waals surface area contributed by atoms with Gasteiger partial charge >= 0.3 is 12.8 Å². The van der Waals surface area contributed by atoms with Crippen molar-refractivity contribution in [2.75, 3.05) is 0 Å². The van der Waals surface area contributed by atoms with E-state index in [1.165, 1.54) is 12.1 Å². The Morgan fingerprint density at radius 1 is 1.15 bits per heavy atom. The first-order valence-electron chi connectivity index (χ1n) is 5.89. The maximum atomic E-state index is 11.0. The summed E-state index contributed by atoms with van der Waals surface area (Å²) >= 11 is 0. The van der Waals surface area contributed by atoms with Gasteiger partial charge in [0.15, 0.2) is 5.75 Å². The molecule has 0 bridgehead atoms. The van der Waals surface area contributed by atoms with Crippen LogP contribution in [0.2, 0.25) is 0 Å². The van der Waals surface area contributed by atoms with Gasteiger partial charge in [0.1, 0.15) is 6.61 Å². The van der Waals surface area contributed by atoms with Gasteiger partial charge in [0, 0.05) is 6.07 Å². The SMILES string of the molecule is O=[N+]([O-])c1cc(B(O)O)ccc1OCc1ccccc1. The van der Waals surface area contributed by atoms with Gasteiger partial charge in [-0.2, -0.15) is 0 Å². The van der Waals surface area contributed by atoms with E-state index in [9.17, 15) is 10.1 Å². The first kappa shape index (κ1) is 14.0. The van der Waals surface area contributed by atoms with E-state index in [2.05, 4.69) is 0 Å². The highest BCUT2D eigenvalue weighted by atomic mass is 16.6. The van der Waals surface area contributed by atoms with E-state index in [-0.39, 0.29) is 23.5 Å². The third-order valence-electron chi connectivity index (χ3n) is 2.71. The Morgan fingerprint density at radius 2 is 1.85 bits per heavy atom. The topological polar surface area (TPSA) is 92.8 Å². The van der Waals surface area contributed by atoms with Crippen molar-refractivity contribution in [3.63, 3.8) is 0 Å². The van der Waals surface area contributed by atoms with Crippen molar-refractivity contribution >= 4 is 18.3 Å². The Balaban J connectivity index is 2.21. The predicted octanol–water partition coefficient (Wildman–Crippen LogP) is 0.854. The Kier molecular flexibility index (Phi) is 4.34.